The number of pyridine rings is 1. The zero-order valence-electron chi connectivity index (χ0n) is 20.2. The predicted octanol–water partition coefficient (Wildman–Crippen LogP) is 7.63. The van der Waals surface area contributed by atoms with Gasteiger partial charge in [0.15, 0.2) is 0 Å². The van der Waals surface area contributed by atoms with Crippen LogP contribution in [0.3, 0.4) is 0 Å². The molecule has 8 heteroatoms. The Morgan fingerprint density at radius 1 is 1.08 bits per heavy atom. The van der Waals surface area contributed by atoms with Crippen LogP contribution in [0.4, 0.5) is 10.1 Å². The molecule has 3 aromatic carbocycles. The molecule has 0 aliphatic rings. The second-order valence-electron chi connectivity index (χ2n) is 8.21. The van der Waals surface area contributed by atoms with Gasteiger partial charge in [0.1, 0.15) is 22.7 Å². The Morgan fingerprint density at radius 2 is 1.78 bits per heavy atom. The van der Waals surface area contributed by atoms with Crippen molar-refractivity contribution in [2.45, 2.75) is 18.4 Å². The number of amides is 1. The lowest BCUT2D eigenvalue weighted by atomic mass is 9.98. The summed E-state index contributed by atoms with van der Waals surface area (Å²) in [5, 5.41) is 13.2. The number of methoxy groups -OCH3 is 1. The molecule has 0 aliphatic carbocycles. The van der Waals surface area contributed by atoms with Gasteiger partial charge in [-0.1, -0.05) is 45.8 Å². The summed E-state index contributed by atoms with van der Waals surface area (Å²) in [5.41, 5.74) is 4.96. The molecule has 5 nitrogen and oxygen atoms in total. The average molecular weight is 576 g/mol. The average Bonchev–Trinajstić information content (AvgIpc) is 2.90. The fraction of sp³-hybridized carbons (Fsp3) is 0.138. The van der Waals surface area contributed by atoms with Crippen LogP contribution in [-0.2, 0) is 4.79 Å². The summed E-state index contributed by atoms with van der Waals surface area (Å²) in [6.45, 7) is 2.01. The Bertz CT molecular complexity index is 1470. The van der Waals surface area contributed by atoms with E-state index in [0.29, 0.717) is 26.5 Å². The summed E-state index contributed by atoms with van der Waals surface area (Å²) < 4.78 is 19.9. The molecule has 0 saturated carbocycles. The van der Waals surface area contributed by atoms with Gasteiger partial charge in [-0.05, 0) is 61.0 Å². The number of nitrogens with one attached hydrogen (secondary N) is 1. The number of halogens is 2. The van der Waals surface area contributed by atoms with Gasteiger partial charge in [0.2, 0.25) is 5.91 Å². The maximum Gasteiger partial charge on any atom is 0.225 e. The molecule has 0 unspecified atom stereocenters. The highest BCUT2D eigenvalue weighted by molar-refractivity contribution is 9.10. The van der Waals surface area contributed by atoms with Crippen LogP contribution >= 0.6 is 27.7 Å². The van der Waals surface area contributed by atoms with Gasteiger partial charge in [-0.2, -0.15) is 5.26 Å². The number of hydrogen-bond acceptors (Lipinski definition) is 5. The maximum atomic E-state index is 14.1. The molecule has 1 aromatic heterocycles. The van der Waals surface area contributed by atoms with Gasteiger partial charge >= 0.3 is 0 Å². The number of aromatic nitrogens is 1. The number of nitrogens with zero attached hydrogens (tertiary/aromatic N) is 2. The number of nitriles is 1. The zero-order valence-corrected chi connectivity index (χ0v) is 22.6. The van der Waals surface area contributed by atoms with E-state index in [9.17, 15) is 14.4 Å². The minimum Gasteiger partial charge on any atom is -0.497 e. The van der Waals surface area contributed by atoms with E-state index < -0.39 is 5.82 Å². The van der Waals surface area contributed by atoms with E-state index >= 15 is 0 Å². The highest BCUT2D eigenvalue weighted by Crippen LogP contribution is 2.35. The van der Waals surface area contributed by atoms with Crippen molar-refractivity contribution in [1.82, 2.24) is 4.98 Å². The van der Waals surface area contributed by atoms with E-state index in [1.165, 1.54) is 23.9 Å². The van der Waals surface area contributed by atoms with E-state index in [-0.39, 0.29) is 18.0 Å². The van der Waals surface area contributed by atoms with Crippen LogP contribution in [0.5, 0.6) is 5.75 Å². The molecule has 1 heterocycles. The van der Waals surface area contributed by atoms with Crippen molar-refractivity contribution >= 4 is 39.3 Å². The number of thioether (sulfide) groups is 1. The normalized spacial score (nSPS) is 10.6. The lowest BCUT2D eigenvalue weighted by Crippen LogP contribution is -2.13. The largest absolute Gasteiger partial charge is 0.497 e. The lowest BCUT2D eigenvalue weighted by Gasteiger charge is -2.13. The molecule has 37 heavy (non-hydrogen) atoms. The molecule has 0 aliphatic heterocycles. The van der Waals surface area contributed by atoms with Crippen molar-refractivity contribution in [3.05, 3.63) is 94.2 Å². The second-order valence-corrected chi connectivity index (χ2v) is 10.2. The SMILES string of the molecule is COc1ccc(-c2cc(-c3ccc(C)cc3)c(C#N)c(SCCC(=O)Nc3ccc(Br)cc3F)n2)cc1. The molecule has 0 saturated heterocycles. The molecule has 4 aromatic rings. The molecule has 0 atom stereocenters. The van der Waals surface area contributed by atoms with Crippen molar-refractivity contribution in [3.63, 3.8) is 0 Å². The van der Waals surface area contributed by atoms with Crippen molar-refractivity contribution in [2.24, 2.45) is 0 Å². The van der Waals surface area contributed by atoms with Crippen LogP contribution < -0.4 is 10.1 Å². The molecular weight excluding hydrogens is 553 g/mol. The Labute approximate surface area is 227 Å². The third-order valence-corrected chi connectivity index (χ3v) is 7.09. The Kier molecular flexibility index (Phi) is 8.59. The Hall–Kier alpha value is -3.67. The second kappa shape index (κ2) is 12.0. The van der Waals surface area contributed by atoms with E-state index in [4.69, 9.17) is 9.72 Å². The summed E-state index contributed by atoms with van der Waals surface area (Å²) in [7, 11) is 1.61. The predicted molar refractivity (Wildman–Crippen MR) is 149 cm³/mol. The fourth-order valence-electron chi connectivity index (χ4n) is 3.65. The maximum absolute atomic E-state index is 14.1. The standard InChI is InChI=1S/C29H23BrFN3O2S/c1-18-3-5-19(6-4-18)23-16-27(20-7-10-22(36-2)11-8-20)34-29(24(23)17-32)37-14-13-28(35)33-26-12-9-21(30)15-25(26)31/h3-12,15-16H,13-14H2,1-2H3,(H,33,35). The summed E-state index contributed by atoms with van der Waals surface area (Å²) in [6.07, 6.45) is 0.124. The van der Waals surface area contributed by atoms with E-state index in [2.05, 4.69) is 27.3 Å². The summed E-state index contributed by atoms with van der Waals surface area (Å²) in [6, 6.07) is 24.2. The lowest BCUT2D eigenvalue weighted by molar-refractivity contribution is -0.115. The summed E-state index contributed by atoms with van der Waals surface area (Å²) in [4.78, 5) is 17.2. The van der Waals surface area contributed by atoms with Crippen LogP contribution in [0.15, 0.2) is 82.3 Å². The zero-order chi connectivity index (χ0) is 26.4. The number of benzene rings is 3. The summed E-state index contributed by atoms with van der Waals surface area (Å²) in [5.74, 6) is 0.264. The molecule has 0 radical (unpaired) electrons. The first-order valence-electron chi connectivity index (χ1n) is 11.4. The first kappa shape index (κ1) is 26.4. The van der Waals surface area contributed by atoms with Crippen LogP contribution in [0.25, 0.3) is 22.4 Å². The van der Waals surface area contributed by atoms with Gasteiger partial charge in [-0.15, -0.1) is 11.8 Å². The van der Waals surface area contributed by atoms with Gasteiger partial charge in [-0.3, -0.25) is 4.79 Å². The number of rotatable bonds is 8. The summed E-state index contributed by atoms with van der Waals surface area (Å²) >= 11 is 4.53. The highest BCUT2D eigenvalue weighted by Gasteiger charge is 2.17. The molecule has 4 rings (SSSR count). The number of aryl methyl sites for hydroxylation is 1. The molecule has 0 fully saturated rings. The molecule has 0 bridgehead atoms. The van der Waals surface area contributed by atoms with Crippen molar-refractivity contribution in [1.29, 1.82) is 5.26 Å². The third kappa shape index (κ3) is 6.56. The van der Waals surface area contributed by atoms with Gasteiger partial charge in [0.05, 0.1) is 24.1 Å². The minimum atomic E-state index is -0.515. The number of hydrogen-bond donors (Lipinski definition) is 1. The van der Waals surface area contributed by atoms with Crippen molar-refractivity contribution < 1.29 is 13.9 Å². The van der Waals surface area contributed by atoms with Gasteiger partial charge in [0, 0.05) is 27.8 Å². The molecule has 186 valence electrons. The van der Waals surface area contributed by atoms with Gasteiger partial charge < -0.3 is 10.1 Å². The molecule has 1 N–H and O–H groups in total. The molecular formula is C29H23BrFN3O2S. The minimum absolute atomic E-state index is 0.122. The van der Waals surface area contributed by atoms with E-state index in [1.54, 1.807) is 13.2 Å². The number of anilines is 1. The smallest absolute Gasteiger partial charge is 0.225 e. The topological polar surface area (TPSA) is 75.0 Å². The Balaban J connectivity index is 1.61. The fourth-order valence-corrected chi connectivity index (χ4v) is 4.93. The van der Waals surface area contributed by atoms with Gasteiger partial charge in [-0.25, -0.2) is 9.37 Å². The number of ether oxygens (including phenoxy) is 1. The van der Waals surface area contributed by atoms with Crippen molar-refractivity contribution in [2.75, 3.05) is 18.2 Å². The molecule has 0 spiro atoms. The van der Waals surface area contributed by atoms with E-state index in [1.807, 2.05) is 61.5 Å². The number of carbonyl (C=O) groups is 1. The molecule has 1 amide bonds. The first-order valence-corrected chi connectivity index (χ1v) is 13.2. The number of carbonyl (C=O) groups excluding carboxylic acids is 1. The Morgan fingerprint density at radius 3 is 2.43 bits per heavy atom. The van der Waals surface area contributed by atoms with E-state index in [0.717, 1.165) is 28.0 Å². The monoisotopic (exact) mass is 575 g/mol. The van der Waals surface area contributed by atoms with Crippen LogP contribution in [0.2, 0.25) is 0 Å². The van der Waals surface area contributed by atoms with Crippen LogP contribution in [0.1, 0.15) is 17.5 Å². The third-order valence-electron chi connectivity index (χ3n) is 5.62. The van der Waals surface area contributed by atoms with Gasteiger partial charge in [0.25, 0.3) is 0 Å². The quantitative estimate of drug-likeness (QED) is 0.219. The highest BCUT2D eigenvalue weighted by atomic mass is 79.9. The van der Waals surface area contributed by atoms with Crippen LogP contribution in [0, 0.1) is 24.1 Å². The van der Waals surface area contributed by atoms with Crippen LogP contribution in [-0.4, -0.2) is 23.8 Å². The van der Waals surface area contributed by atoms with Crippen molar-refractivity contribution in [3.8, 4) is 34.2 Å². The first-order chi connectivity index (χ1) is 17.9.